The quantitative estimate of drug-likeness (QED) is 0.170. The molecule has 0 spiro atoms. The van der Waals surface area contributed by atoms with Crippen LogP contribution >= 0.6 is 15.9 Å². The number of hydrogen-bond donors (Lipinski definition) is 1. The van der Waals surface area contributed by atoms with Crippen LogP contribution < -0.4 is 14.4 Å². The van der Waals surface area contributed by atoms with Gasteiger partial charge >= 0.3 is 0 Å². The Balaban J connectivity index is 1.80. The molecule has 2 amide bonds. The van der Waals surface area contributed by atoms with Crippen LogP contribution in [0.3, 0.4) is 0 Å². The number of carbonyl (C=O) groups excluding carboxylic acids is 2. The van der Waals surface area contributed by atoms with Crippen molar-refractivity contribution < 1.29 is 22.7 Å². The molecule has 0 aliphatic carbocycles. The summed E-state index contributed by atoms with van der Waals surface area (Å²) in [6.45, 7) is 3.45. The molecule has 4 rings (SSSR count). The summed E-state index contributed by atoms with van der Waals surface area (Å²) >= 11 is 3.51. The fourth-order valence-corrected chi connectivity index (χ4v) is 6.71. The maximum Gasteiger partial charge on any atom is 0.264 e. The zero-order valence-electron chi connectivity index (χ0n) is 25.6. The minimum atomic E-state index is -4.17. The maximum absolute atomic E-state index is 14.5. The zero-order valence-corrected chi connectivity index (χ0v) is 28.0. The number of amides is 2. The van der Waals surface area contributed by atoms with E-state index in [9.17, 15) is 18.0 Å². The molecule has 4 aromatic carbocycles. The summed E-state index contributed by atoms with van der Waals surface area (Å²) < 4.78 is 35.3. The van der Waals surface area contributed by atoms with Gasteiger partial charge in [-0.05, 0) is 73.0 Å². The summed E-state index contributed by atoms with van der Waals surface area (Å²) in [5, 5.41) is 3.05. The van der Waals surface area contributed by atoms with Crippen LogP contribution in [-0.4, -0.2) is 50.9 Å². The molecule has 0 aromatic heterocycles. The highest BCUT2D eigenvalue weighted by molar-refractivity contribution is 9.10. The lowest BCUT2D eigenvalue weighted by Gasteiger charge is -2.34. The van der Waals surface area contributed by atoms with Crippen LogP contribution in [0.5, 0.6) is 5.75 Å². The van der Waals surface area contributed by atoms with E-state index < -0.39 is 28.5 Å². The van der Waals surface area contributed by atoms with Crippen molar-refractivity contribution in [2.75, 3.05) is 18.0 Å². The molecule has 10 heteroatoms. The van der Waals surface area contributed by atoms with Gasteiger partial charge in [0.1, 0.15) is 18.3 Å². The Morgan fingerprint density at radius 2 is 1.49 bits per heavy atom. The minimum absolute atomic E-state index is 0.0440. The molecule has 8 nitrogen and oxygen atoms in total. The molecule has 4 aromatic rings. The first kappa shape index (κ1) is 33.7. The second kappa shape index (κ2) is 15.7. The lowest BCUT2D eigenvalue weighted by atomic mass is 10.0. The van der Waals surface area contributed by atoms with Crippen molar-refractivity contribution in [1.29, 1.82) is 0 Å². The predicted molar refractivity (Wildman–Crippen MR) is 180 cm³/mol. The molecular formula is C35H38BrN3O5S. The van der Waals surface area contributed by atoms with Gasteiger partial charge in [0.25, 0.3) is 10.0 Å². The van der Waals surface area contributed by atoms with Crippen molar-refractivity contribution in [3.8, 4) is 5.75 Å². The largest absolute Gasteiger partial charge is 0.497 e. The number of nitrogens with one attached hydrogen (secondary N) is 1. The van der Waals surface area contributed by atoms with Crippen molar-refractivity contribution >= 4 is 43.5 Å². The number of ether oxygens (including phenoxy) is 1. The van der Waals surface area contributed by atoms with Crippen LogP contribution in [0, 0.1) is 0 Å². The first-order valence-corrected chi connectivity index (χ1v) is 17.0. The van der Waals surface area contributed by atoms with Crippen molar-refractivity contribution in [3.05, 3.63) is 125 Å². The maximum atomic E-state index is 14.5. The van der Waals surface area contributed by atoms with E-state index in [2.05, 4.69) is 21.2 Å². The molecule has 0 aliphatic heterocycles. The number of halogens is 1. The third-order valence-corrected chi connectivity index (χ3v) is 9.77. The zero-order chi connectivity index (χ0) is 32.4. The van der Waals surface area contributed by atoms with E-state index in [0.29, 0.717) is 17.9 Å². The van der Waals surface area contributed by atoms with Gasteiger partial charge in [-0.25, -0.2) is 8.42 Å². The van der Waals surface area contributed by atoms with Gasteiger partial charge in [-0.2, -0.15) is 0 Å². The topological polar surface area (TPSA) is 96.0 Å². The van der Waals surface area contributed by atoms with Crippen LogP contribution in [0.25, 0.3) is 0 Å². The lowest BCUT2D eigenvalue weighted by Crippen LogP contribution is -2.54. The first-order chi connectivity index (χ1) is 21.6. The number of carbonyl (C=O) groups is 2. The van der Waals surface area contributed by atoms with Crippen LogP contribution in [-0.2, 0) is 32.6 Å². The van der Waals surface area contributed by atoms with Crippen molar-refractivity contribution in [1.82, 2.24) is 10.2 Å². The van der Waals surface area contributed by atoms with E-state index in [4.69, 9.17) is 4.74 Å². The third-order valence-electron chi connectivity index (χ3n) is 7.48. The van der Waals surface area contributed by atoms with Gasteiger partial charge in [-0.15, -0.1) is 0 Å². The van der Waals surface area contributed by atoms with E-state index in [1.807, 2.05) is 68.4 Å². The molecule has 0 fully saturated rings. The summed E-state index contributed by atoms with van der Waals surface area (Å²) in [6, 6.07) is 30.4. The fourth-order valence-electron chi connectivity index (χ4n) is 4.82. The number of benzene rings is 4. The smallest absolute Gasteiger partial charge is 0.264 e. The van der Waals surface area contributed by atoms with Crippen LogP contribution in [0.2, 0.25) is 0 Å². The predicted octanol–water partition coefficient (Wildman–Crippen LogP) is 6.21. The summed E-state index contributed by atoms with van der Waals surface area (Å²) in [6.07, 6.45) is 0.959. The summed E-state index contributed by atoms with van der Waals surface area (Å²) in [5.41, 5.74) is 1.95. The number of nitrogens with zero attached hydrogens (tertiary/aromatic N) is 2. The molecule has 0 radical (unpaired) electrons. The lowest BCUT2D eigenvalue weighted by molar-refractivity contribution is -0.140. The highest BCUT2D eigenvalue weighted by atomic mass is 79.9. The normalized spacial score (nSPS) is 12.5. The number of anilines is 1. The summed E-state index contributed by atoms with van der Waals surface area (Å²) in [7, 11) is -2.65. The standard InChI is InChI=1S/C35H38BrN3O5S/c1-4-26(2)37-35(41)33(23-27-12-7-5-8-13-27)38(24-28-14-11-15-29(36)22-28)34(40)25-39(30-18-20-31(44-3)21-19-30)45(42,43)32-16-9-6-10-17-32/h5-22,26,33H,4,23-25H2,1-3H3,(H,37,41)/t26-,33-/m1/s1. The SMILES string of the molecule is CC[C@@H](C)NC(=O)[C@@H](Cc1ccccc1)N(Cc1cccc(Br)c1)C(=O)CN(c1ccc(OC)cc1)S(=O)(=O)c1ccccc1. The molecule has 0 unspecified atom stereocenters. The van der Waals surface area contributed by atoms with Gasteiger partial charge in [0, 0.05) is 23.5 Å². The van der Waals surface area contributed by atoms with Gasteiger partial charge in [0.05, 0.1) is 17.7 Å². The molecule has 0 aliphatic rings. The minimum Gasteiger partial charge on any atom is -0.497 e. The van der Waals surface area contributed by atoms with E-state index >= 15 is 0 Å². The highest BCUT2D eigenvalue weighted by Crippen LogP contribution is 2.27. The Bertz CT molecular complexity index is 1670. The van der Waals surface area contributed by atoms with Gasteiger partial charge in [0.15, 0.2) is 0 Å². The first-order valence-electron chi connectivity index (χ1n) is 14.7. The number of methoxy groups -OCH3 is 1. The van der Waals surface area contributed by atoms with Crippen molar-refractivity contribution in [2.24, 2.45) is 0 Å². The van der Waals surface area contributed by atoms with E-state index in [-0.39, 0.29) is 29.8 Å². The van der Waals surface area contributed by atoms with Crippen molar-refractivity contribution in [3.63, 3.8) is 0 Å². The summed E-state index contributed by atoms with van der Waals surface area (Å²) in [4.78, 5) is 30.0. The second-order valence-electron chi connectivity index (χ2n) is 10.7. The number of sulfonamides is 1. The molecule has 1 N–H and O–H groups in total. The Labute approximate surface area is 274 Å². The molecule has 0 saturated heterocycles. The molecule has 45 heavy (non-hydrogen) atoms. The highest BCUT2D eigenvalue weighted by Gasteiger charge is 2.35. The Morgan fingerprint density at radius 3 is 2.09 bits per heavy atom. The Kier molecular flexibility index (Phi) is 11.8. The van der Waals surface area contributed by atoms with Gasteiger partial charge in [0.2, 0.25) is 11.8 Å². The number of hydrogen-bond acceptors (Lipinski definition) is 5. The monoisotopic (exact) mass is 691 g/mol. The van der Waals surface area contributed by atoms with Gasteiger partial charge < -0.3 is 15.0 Å². The molecular weight excluding hydrogens is 654 g/mol. The van der Waals surface area contributed by atoms with E-state index in [1.54, 1.807) is 42.5 Å². The Hall–Kier alpha value is -4.15. The van der Waals surface area contributed by atoms with Crippen molar-refractivity contribution in [2.45, 2.75) is 50.2 Å². The van der Waals surface area contributed by atoms with Crippen LogP contribution in [0.4, 0.5) is 5.69 Å². The molecule has 2 atom stereocenters. The van der Waals surface area contributed by atoms with E-state index in [0.717, 1.165) is 19.9 Å². The fraction of sp³-hybridized carbons (Fsp3) is 0.257. The van der Waals surface area contributed by atoms with Gasteiger partial charge in [-0.3, -0.25) is 13.9 Å². The molecule has 0 bridgehead atoms. The molecule has 0 heterocycles. The second-order valence-corrected chi connectivity index (χ2v) is 13.5. The average Bonchev–Trinajstić information content (AvgIpc) is 3.06. The molecule has 0 saturated carbocycles. The molecule has 236 valence electrons. The van der Waals surface area contributed by atoms with E-state index in [1.165, 1.54) is 24.1 Å². The van der Waals surface area contributed by atoms with Crippen LogP contribution in [0.1, 0.15) is 31.4 Å². The summed E-state index contributed by atoms with van der Waals surface area (Å²) in [5.74, 6) is -0.285. The van der Waals surface area contributed by atoms with Crippen LogP contribution in [0.15, 0.2) is 119 Å². The third kappa shape index (κ3) is 8.95. The Morgan fingerprint density at radius 1 is 0.867 bits per heavy atom. The van der Waals surface area contributed by atoms with Gasteiger partial charge in [-0.1, -0.05) is 83.5 Å². The average molecular weight is 693 g/mol. The number of rotatable bonds is 14.